The standard InChI is InChI=1S/C10H20ClF2NO2/c1-15-7-8-16-6-2-4-14(5-3-11)9-10(12)13/h10H,2-9H2,1H3. The summed E-state index contributed by atoms with van der Waals surface area (Å²) in [5, 5.41) is 0. The van der Waals surface area contributed by atoms with Crippen molar-refractivity contribution in [3.8, 4) is 0 Å². The normalized spacial score (nSPS) is 11.6. The van der Waals surface area contributed by atoms with Crippen molar-refractivity contribution in [3.63, 3.8) is 0 Å². The van der Waals surface area contributed by atoms with Gasteiger partial charge in [-0.2, -0.15) is 0 Å². The minimum Gasteiger partial charge on any atom is -0.382 e. The Morgan fingerprint density at radius 2 is 1.94 bits per heavy atom. The Kier molecular flexibility index (Phi) is 11.5. The first-order valence-corrected chi connectivity index (χ1v) is 5.87. The van der Waals surface area contributed by atoms with E-state index in [1.807, 2.05) is 0 Å². The van der Waals surface area contributed by atoms with Gasteiger partial charge in [-0.25, -0.2) is 8.78 Å². The van der Waals surface area contributed by atoms with Crippen molar-refractivity contribution < 1.29 is 18.3 Å². The molecular formula is C10H20ClF2NO2. The van der Waals surface area contributed by atoms with E-state index in [0.717, 1.165) is 6.42 Å². The lowest BCUT2D eigenvalue weighted by atomic mass is 10.4. The number of hydrogen-bond donors (Lipinski definition) is 0. The molecule has 0 radical (unpaired) electrons. The Morgan fingerprint density at radius 1 is 1.19 bits per heavy atom. The van der Waals surface area contributed by atoms with Crippen LogP contribution in [0.5, 0.6) is 0 Å². The Balaban J connectivity index is 3.44. The predicted octanol–water partition coefficient (Wildman–Crippen LogP) is 1.85. The van der Waals surface area contributed by atoms with Crippen molar-refractivity contribution in [3.05, 3.63) is 0 Å². The minimum absolute atomic E-state index is 0.217. The summed E-state index contributed by atoms with van der Waals surface area (Å²) >= 11 is 5.53. The van der Waals surface area contributed by atoms with E-state index in [0.29, 0.717) is 38.8 Å². The number of alkyl halides is 3. The number of nitrogens with zero attached hydrogens (tertiary/aromatic N) is 1. The number of ether oxygens (including phenoxy) is 2. The SMILES string of the molecule is COCCOCCCN(CCCl)CC(F)F. The predicted molar refractivity (Wildman–Crippen MR) is 60.5 cm³/mol. The number of rotatable bonds is 11. The Labute approximate surface area is 101 Å². The van der Waals surface area contributed by atoms with Gasteiger partial charge in [0, 0.05) is 32.7 Å². The topological polar surface area (TPSA) is 21.7 Å². The van der Waals surface area contributed by atoms with Gasteiger partial charge in [-0.3, -0.25) is 4.90 Å². The van der Waals surface area contributed by atoms with Gasteiger partial charge in [-0.15, -0.1) is 11.6 Å². The second-order valence-corrected chi connectivity index (χ2v) is 3.72. The van der Waals surface area contributed by atoms with Crippen LogP contribution in [0.15, 0.2) is 0 Å². The maximum Gasteiger partial charge on any atom is 0.251 e. The maximum absolute atomic E-state index is 12.2. The highest BCUT2D eigenvalue weighted by Gasteiger charge is 2.10. The first-order valence-electron chi connectivity index (χ1n) is 5.33. The van der Waals surface area contributed by atoms with Crippen molar-refractivity contribution in [1.82, 2.24) is 4.90 Å². The summed E-state index contributed by atoms with van der Waals surface area (Å²) in [5.74, 6) is 0.372. The molecule has 0 saturated carbocycles. The summed E-state index contributed by atoms with van der Waals surface area (Å²) in [6, 6.07) is 0. The van der Waals surface area contributed by atoms with E-state index in [1.165, 1.54) is 0 Å². The summed E-state index contributed by atoms with van der Waals surface area (Å²) in [5.41, 5.74) is 0. The van der Waals surface area contributed by atoms with Gasteiger partial charge in [0.25, 0.3) is 6.43 Å². The first kappa shape index (κ1) is 16.0. The van der Waals surface area contributed by atoms with Crippen LogP contribution in [0, 0.1) is 0 Å². The van der Waals surface area contributed by atoms with Crippen molar-refractivity contribution in [2.24, 2.45) is 0 Å². The summed E-state index contributed by atoms with van der Waals surface area (Å²) in [4.78, 5) is 1.65. The van der Waals surface area contributed by atoms with E-state index in [2.05, 4.69) is 0 Å². The van der Waals surface area contributed by atoms with Crippen LogP contribution in [0.25, 0.3) is 0 Å². The van der Waals surface area contributed by atoms with E-state index in [4.69, 9.17) is 21.1 Å². The van der Waals surface area contributed by atoms with Crippen LogP contribution in [-0.4, -0.2) is 63.8 Å². The molecule has 3 nitrogen and oxygen atoms in total. The van der Waals surface area contributed by atoms with Crippen LogP contribution >= 0.6 is 11.6 Å². The molecule has 0 aromatic heterocycles. The Bertz CT molecular complexity index is 153. The molecule has 0 unspecified atom stereocenters. The molecule has 0 heterocycles. The number of hydrogen-bond acceptors (Lipinski definition) is 3. The molecule has 16 heavy (non-hydrogen) atoms. The van der Waals surface area contributed by atoms with Crippen LogP contribution < -0.4 is 0 Å². The quantitative estimate of drug-likeness (QED) is 0.418. The Hall–Kier alpha value is 0.0300. The van der Waals surface area contributed by atoms with Gasteiger partial charge in [0.05, 0.1) is 19.8 Å². The van der Waals surface area contributed by atoms with Gasteiger partial charge in [0.2, 0.25) is 0 Å². The van der Waals surface area contributed by atoms with Crippen LogP contribution in [-0.2, 0) is 9.47 Å². The molecule has 0 aliphatic carbocycles. The van der Waals surface area contributed by atoms with Gasteiger partial charge in [0.1, 0.15) is 0 Å². The molecule has 0 spiro atoms. The first-order chi connectivity index (χ1) is 7.70. The highest BCUT2D eigenvalue weighted by molar-refractivity contribution is 6.18. The molecule has 6 heteroatoms. The van der Waals surface area contributed by atoms with Crippen molar-refractivity contribution >= 4 is 11.6 Å². The van der Waals surface area contributed by atoms with Crippen LogP contribution in [0.4, 0.5) is 8.78 Å². The van der Waals surface area contributed by atoms with E-state index in [-0.39, 0.29) is 6.54 Å². The van der Waals surface area contributed by atoms with E-state index in [9.17, 15) is 8.78 Å². The fourth-order valence-corrected chi connectivity index (χ4v) is 1.48. The van der Waals surface area contributed by atoms with Crippen molar-refractivity contribution in [2.45, 2.75) is 12.8 Å². The number of methoxy groups -OCH3 is 1. The highest BCUT2D eigenvalue weighted by atomic mass is 35.5. The molecule has 0 fully saturated rings. The molecule has 0 aromatic rings. The zero-order valence-electron chi connectivity index (χ0n) is 9.63. The molecule has 0 aromatic carbocycles. The molecule has 0 saturated heterocycles. The molecule has 0 rings (SSSR count). The third-order valence-electron chi connectivity index (χ3n) is 1.99. The van der Waals surface area contributed by atoms with Gasteiger partial charge >= 0.3 is 0 Å². The summed E-state index contributed by atoms with van der Waals surface area (Å²) in [6.07, 6.45) is -1.58. The van der Waals surface area contributed by atoms with E-state index in [1.54, 1.807) is 12.0 Å². The van der Waals surface area contributed by atoms with Crippen LogP contribution in [0.3, 0.4) is 0 Å². The lowest BCUT2D eigenvalue weighted by molar-refractivity contribution is 0.0572. The molecule has 0 aliphatic heterocycles. The molecule has 0 N–H and O–H groups in total. The second kappa shape index (κ2) is 11.5. The Morgan fingerprint density at radius 3 is 2.50 bits per heavy atom. The summed E-state index contributed by atoms with van der Waals surface area (Å²) in [6.45, 7) is 2.52. The largest absolute Gasteiger partial charge is 0.382 e. The van der Waals surface area contributed by atoms with Crippen LogP contribution in [0.2, 0.25) is 0 Å². The summed E-state index contributed by atoms with van der Waals surface area (Å²) in [7, 11) is 1.61. The third kappa shape index (κ3) is 10.5. The highest BCUT2D eigenvalue weighted by Crippen LogP contribution is 2.00. The van der Waals surface area contributed by atoms with Gasteiger partial charge in [-0.1, -0.05) is 0 Å². The molecule has 0 atom stereocenters. The van der Waals surface area contributed by atoms with Gasteiger partial charge in [0.15, 0.2) is 0 Å². The van der Waals surface area contributed by atoms with Gasteiger partial charge < -0.3 is 9.47 Å². The molecule has 98 valence electrons. The van der Waals surface area contributed by atoms with Crippen LogP contribution in [0.1, 0.15) is 6.42 Å². The maximum atomic E-state index is 12.2. The summed E-state index contributed by atoms with van der Waals surface area (Å²) < 4.78 is 34.3. The van der Waals surface area contributed by atoms with E-state index < -0.39 is 6.43 Å². The zero-order chi connectivity index (χ0) is 12.2. The lowest BCUT2D eigenvalue weighted by Gasteiger charge is -2.20. The number of halogens is 3. The fraction of sp³-hybridized carbons (Fsp3) is 1.00. The van der Waals surface area contributed by atoms with Crippen molar-refractivity contribution in [2.75, 3.05) is 52.4 Å². The third-order valence-corrected chi connectivity index (χ3v) is 2.16. The smallest absolute Gasteiger partial charge is 0.251 e. The molecule has 0 amide bonds. The molecule has 0 bridgehead atoms. The van der Waals surface area contributed by atoms with Crippen molar-refractivity contribution in [1.29, 1.82) is 0 Å². The van der Waals surface area contributed by atoms with E-state index >= 15 is 0 Å². The average Bonchev–Trinajstić information content (AvgIpc) is 2.22. The van der Waals surface area contributed by atoms with Gasteiger partial charge in [-0.05, 0) is 6.42 Å². The molecule has 0 aliphatic rings. The monoisotopic (exact) mass is 259 g/mol. The average molecular weight is 260 g/mol. The zero-order valence-corrected chi connectivity index (χ0v) is 10.4. The lowest BCUT2D eigenvalue weighted by Crippen LogP contribution is -2.32. The second-order valence-electron chi connectivity index (χ2n) is 3.34. The molecular weight excluding hydrogens is 240 g/mol. The fourth-order valence-electron chi connectivity index (χ4n) is 1.24. The minimum atomic E-state index is -2.31.